The van der Waals surface area contributed by atoms with Crippen molar-refractivity contribution in [1.82, 2.24) is 19.7 Å². The van der Waals surface area contributed by atoms with Gasteiger partial charge in [0, 0.05) is 18.5 Å². The Labute approximate surface area is 160 Å². The van der Waals surface area contributed by atoms with E-state index in [0.29, 0.717) is 6.61 Å². The summed E-state index contributed by atoms with van der Waals surface area (Å²) in [5.41, 5.74) is 3.49. The molecule has 2 aromatic rings. The van der Waals surface area contributed by atoms with Gasteiger partial charge in [0.1, 0.15) is 5.76 Å². The van der Waals surface area contributed by atoms with Crippen molar-refractivity contribution in [1.29, 1.82) is 0 Å². The van der Waals surface area contributed by atoms with Gasteiger partial charge in [-0.05, 0) is 43.4 Å². The first-order valence-corrected chi connectivity index (χ1v) is 10.2. The molecule has 5 nitrogen and oxygen atoms in total. The Balaban J connectivity index is 0.00000117. The Bertz CT molecular complexity index is 761. The maximum Gasteiger partial charge on any atom is 0.189 e. The van der Waals surface area contributed by atoms with Crippen LogP contribution >= 0.6 is 11.8 Å². The van der Waals surface area contributed by atoms with Crippen LogP contribution in [0.4, 0.5) is 0 Å². The van der Waals surface area contributed by atoms with Gasteiger partial charge in [0.05, 0.1) is 18.1 Å². The molecule has 0 saturated heterocycles. The number of hydrogen-bond donors (Lipinski definition) is 0. The van der Waals surface area contributed by atoms with Gasteiger partial charge in [-0.3, -0.25) is 0 Å². The Morgan fingerprint density at radius 1 is 1.35 bits per heavy atom. The van der Waals surface area contributed by atoms with Gasteiger partial charge < -0.3 is 4.74 Å². The van der Waals surface area contributed by atoms with Crippen molar-refractivity contribution in [2.45, 2.75) is 52.1 Å². The van der Waals surface area contributed by atoms with Crippen molar-refractivity contribution in [3.05, 3.63) is 47.6 Å². The molecule has 1 aliphatic rings. The minimum atomic E-state index is 0.706. The quantitative estimate of drug-likeness (QED) is 0.368. The number of thioether (sulfide) groups is 1. The lowest BCUT2D eigenvalue weighted by molar-refractivity contribution is 0.231. The van der Waals surface area contributed by atoms with Gasteiger partial charge in [-0.2, -0.15) is 5.10 Å². The van der Waals surface area contributed by atoms with E-state index in [9.17, 15) is 0 Å². The Morgan fingerprint density at radius 3 is 2.69 bits per heavy atom. The first-order valence-electron chi connectivity index (χ1n) is 9.26. The summed E-state index contributed by atoms with van der Waals surface area (Å²) in [6.07, 6.45) is 8.80. The second-order valence-corrected chi connectivity index (χ2v) is 6.43. The summed E-state index contributed by atoms with van der Waals surface area (Å²) >= 11 is 1.60. The fourth-order valence-electron chi connectivity index (χ4n) is 2.41. The number of ether oxygens (including phenoxy) is 1. The number of hydrogen-bond acceptors (Lipinski definition) is 5. The molecule has 0 aliphatic heterocycles. The lowest BCUT2D eigenvalue weighted by Crippen LogP contribution is -2.01. The lowest BCUT2D eigenvalue weighted by Gasteiger charge is -2.08. The molecule has 140 valence electrons. The highest BCUT2D eigenvalue weighted by Gasteiger charge is 2.19. The minimum Gasteiger partial charge on any atom is -0.497 e. The summed E-state index contributed by atoms with van der Waals surface area (Å²) in [6, 6.07) is 1.87. The van der Waals surface area contributed by atoms with Gasteiger partial charge >= 0.3 is 0 Å². The van der Waals surface area contributed by atoms with Crippen molar-refractivity contribution in [3.63, 3.8) is 0 Å². The van der Waals surface area contributed by atoms with Crippen LogP contribution in [0.2, 0.25) is 0 Å². The van der Waals surface area contributed by atoms with Crippen molar-refractivity contribution in [3.8, 4) is 5.82 Å². The summed E-state index contributed by atoms with van der Waals surface area (Å²) in [5.74, 6) is 2.65. The maximum absolute atomic E-state index is 5.73. The molecule has 6 heteroatoms. The summed E-state index contributed by atoms with van der Waals surface area (Å²) < 4.78 is 7.52. The van der Waals surface area contributed by atoms with Crippen LogP contribution in [-0.4, -0.2) is 32.1 Å². The molecule has 0 atom stereocenters. The smallest absolute Gasteiger partial charge is 0.189 e. The molecule has 26 heavy (non-hydrogen) atoms. The van der Waals surface area contributed by atoms with Gasteiger partial charge in [-0.25, -0.2) is 14.6 Å². The first kappa shape index (κ1) is 20.2. The largest absolute Gasteiger partial charge is 0.497 e. The summed E-state index contributed by atoms with van der Waals surface area (Å²) in [5, 5.41) is 5.27. The van der Waals surface area contributed by atoms with Crippen LogP contribution in [-0.2, 0) is 11.2 Å². The van der Waals surface area contributed by atoms with E-state index in [-0.39, 0.29) is 0 Å². The highest BCUT2D eigenvalue weighted by molar-refractivity contribution is 7.99. The topological polar surface area (TPSA) is 52.8 Å². The van der Waals surface area contributed by atoms with E-state index in [1.807, 2.05) is 33.0 Å². The van der Waals surface area contributed by atoms with Gasteiger partial charge in [-0.1, -0.05) is 39.1 Å². The van der Waals surface area contributed by atoms with E-state index in [0.717, 1.165) is 53.0 Å². The van der Waals surface area contributed by atoms with Gasteiger partial charge in [0.15, 0.2) is 11.0 Å². The second-order valence-electron chi connectivity index (χ2n) is 5.49. The average molecular weight is 373 g/mol. The highest BCUT2D eigenvalue weighted by atomic mass is 32.2. The average Bonchev–Trinajstić information content (AvgIpc) is 3.45. The molecule has 1 saturated carbocycles. The fourth-order valence-corrected chi connectivity index (χ4v) is 3.25. The Kier molecular flexibility index (Phi) is 7.91. The maximum atomic E-state index is 5.73. The highest BCUT2D eigenvalue weighted by Crippen LogP contribution is 2.34. The minimum absolute atomic E-state index is 0.706. The van der Waals surface area contributed by atoms with Crippen molar-refractivity contribution >= 4 is 17.8 Å². The van der Waals surface area contributed by atoms with Gasteiger partial charge in [0.25, 0.3) is 0 Å². The van der Waals surface area contributed by atoms with Gasteiger partial charge in [-0.15, -0.1) is 0 Å². The third-order valence-corrected chi connectivity index (χ3v) is 4.66. The number of allylic oxidation sites excluding steroid dienone is 1. The lowest BCUT2D eigenvalue weighted by atomic mass is 10.2. The standard InChI is InChI=1S/C18H22N4OS.C2H6/c1-4-13-11-22(21-15(13)5-2)17-9-10-19-18(20-17)24-12-16(23-6-3)14-7-8-14;1-2/h5,9-11H,2,4,6-8,12H2,1,3H3;1-2H3. The summed E-state index contributed by atoms with van der Waals surface area (Å²) in [6.45, 7) is 12.7. The van der Waals surface area contributed by atoms with E-state index < -0.39 is 0 Å². The molecule has 2 heterocycles. The predicted molar refractivity (Wildman–Crippen MR) is 109 cm³/mol. The van der Waals surface area contributed by atoms with E-state index >= 15 is 0 Å². The van der Waals surface area contributed by atoms with Crippen LogP contribution in [0.1, 0.15) is 51.8 Å². The monoisotopic (exact) mass is 372 g/mol. The molecule has 0 N–H and O–H groups in total. The van der Waals surface area contributed by atoms with Crippen LogP contribution in [0.15, 0.2) is 41.5 Å². The van der Waals surface area contributed by atoms with E-state index in [2.05, 4.69) is 28.6 Å². The van der Waals surface area contributed by atoms with Crippen LogP contribution in [0, 0.1) is 0 Å². The molecule has 0 aromatic carbocycles. The molecule has 0 unspecified atom stereocenters. The molecule has 3 rings (SSSR count). The Hall–Kier alpha value is -2.08. The normalized spacial score (nSPS) is 12.2. The van der Waals surface area contributed by atoms with E-state index in [4.69, 9.17) is 4.74 Å². The summed E-state index contributed by atoms with van der Waals surface area (Å²) in [4.78, 5) is 8.98. The third-order valence-electron chi connectivity index (χ3n) is 3.80. The van der Waals surface area contributed by atoms with Crippen LogP contribution < -0.4 is 0 Å². The second kappa shape index (κ2) is 10.2. The third kappa shape index (κ3) is 5.21. The Morgan fingerprint density at radius 2 is 2.12 bits per heavy atom. The van der Waals surface area contributed by atoms with E-state index in [1.54, 1.807) is 28.7 Å². The molecule has 1 aliphatic carbocycles. The van der Waals surface area contributed by atoms with E-state index in [1.165, 1.54) is 5.57 Å². The molecular weight excluding hydrogens is 344 g/mol. The zero-order valence-electron chi connectivity index (χ0n) is 16.2. The van der Waals surface area contributed by atoms with Crippen molar-refractivity contribution in [2.75, 3.05) is 12.4 Å². The van der Waals surface area contributed by atoms with Crippen molar-refractivity contribution < 1.29 is 4.74 Å². The number of nitrogens with zero attached hydrogens (tertiary/aromatic N) is 4. The number of rotatable bonds is 8. The molecule has 0 amide bonds. The fraction of sp³-hybridized carbons (Fsp3) is 0.450. The SMILES string of the molecule is C=Cc1nn(-c2ccnc(SCC(OCC)=C3CC3)n2)cc1CC.CC. The van der Waals surface area contributed by atoms with Gasteiger partial charge in [0.2, 0.25) is 0 Å². The van der Waals surface area contributed by atoms with Crippen LogP contribution in [0.5, 0.6) is 0 Å². The number of aryl methyl sites for hydroxylation is 1. The molecule has 0 radical (unpaired) electrons. The molecule has 0 spiro atoms. The molecule has 2 aromatic heterocycles. The number of aromatic nitrogens is 4. The molecular formula is C20H28N4OS. The first-order chi connectivity index (χ1) is 12.7. The van der Waals surface area contributed by atoms with Crippen molar-refractivity contribution in [2.24, 2.45) is 0 Å². The molecule has 1 fully saturated rings. The van der Waals surface area contributed by atoms with Crippen LogP contribution in [0.3, 0.4) is 0 Å². The predicted octanol–water partition coefficient (Wildman–Crippen LogP) is 5.07. The zero-order valence-corrected chi connectivity index (χ0v) is 17.0. The summed E-state index contributed by atoms with van der Waals surface area (Å²) in [7, 11) is 0. The molecule has 0 bridgehead atoms. The van der Waals surface area contributed by atoms with Crippen LogP contribution in [0.25, 0.3) is 11.9 Å². The zero-order chi connectivity index (χ0) is 18.9.